The molecule has 0 radical (unpaired) electrons. The molecular weight excluding hydrogens is 371 g/mol. The van der Waals surface area contributed by atoms with Crippen molar-refractivity contribution in [3.63, 3.8) is 0 Å². The summed E-state index contributed by atoms with van der Waals surface area (Å²) >= 11 is 0. The van der Waals surface area contributed by atoms with Gasteiger partial charge in [-0.2, -0.15) is 13.2 Å². The number of benzene rings is 1. The zero-order valence-electron chi connectivity index (χ0n) is 15.2. The van der Waals surface area contributed by atoms with Crippen LogP contribution >= 0.6 is 0 Å². The van der Waals surface area contributed by atoms with Crippen molar-refractivity contribution >= 4 is 23.5 Å². The number of rotatable bonds is 5. The number of carbonyl (C=O) groups is 2. The Morgan fingerprint density at radius 2 is 1.81 bits per heavy atom. The minimum absolute atomic E-state index is 0.167. The maximum Gasteiger partial charge on any atom is 0.416 e. The molecule has 4 N–H and O–H groups in total. The van der Waals surface area contributed by atoms with Crippen LogP contribution in [0.1, 0.15) is 20.8 Å². The van der Waals surface area contributed by atoms with E-state index in [2.05, 4.69) is 10.6 Å². The number of hydrogen-bond acceptors (Lipinski definition) is 5. The summed E-state index contributed by atoms with van der Waals surface area (Å²) in [5, 5.41) is 15.5. The average Bonchev–Trinajstić information content (AvgIpc) is 2.50. The Labute approximate surface area is 154 Å². The quantitative estimate of drug-likeness (QED) is 0.615. The third kappa shape index (κ3) is 8.03. The van der Waals surface area contributed by atoms with Crippen LogP contribution in [0.5, 0.6) is 5.75 Å². The molecule has 8 nitrogen and oxygen atoms in total. The molecule has 1 atom stereocenters. The van der Waals surface area contributed by atoms with Crippen molar-refractivity contribution in [1.29, 1.82) is 0 Å². The van der Waals surface area contributed by atoms with Crippen LogP contribution in [-0.2, 0) is 4.74 Å². The van der Waals surface area contributed by atoms with Crippen LogP contribution in [0.15, 0.2) is 18.2 Å². The highest BCUT2D eigenvalue weighted by Crippen LogP contribution is 2.28. The molecule has 1 unspecified atom stereocenters. The fourth-order valence-corrected chi connectivity index (χ4v) is 1.78. The second-order valence-electron chi connectivity index (χ2n) is 6.43. The molecule has 27 heavy (non-hydrogen) atoms. The van der Waals surface area contributed by atoms with Crippen molar-refractivity contribution in [2.75, 3.05) is 24.3 Å². The van der Waals surface area contributed by atoms with E-state index in [4.69, 9.17) is 14.6 Å². The molecule has 0 fully saturated rings. The lowest BCUT2D eigenvalue weighted by Gasteiger charge is -2.20. The maximum absolute atomic E-state index is 12.2. The standard InChI is InChI=1S/C16H22F3N3O5/c1-15(2,3)27-14(25)22-10-7-9(5-6-11(10)26-4)21-13(24)20-8-12(23)16(17,18)19/h5-7,12,23H,8H2,1-4H3,(H,22,25)(H2,20,21,24). The Morgan fingerprint density at radius 3 is 2.33 bits per heavy atom. The molecule has 0 saturated carbocycles. The summed E-state index contributed by atoms with van der Waals surface area (Å²) in [5.41, 5.74) is -0.382. The highest BCUT2D eigenvalue weighted by Gasteiger charge is 2.38. The predicted octanol–water partition coefficient (Wildman–Crippen LogP) is 3.09. The molecular formula is C16H22F3N3O5. The first-order valence-corrected chi connectivity index (χ1v) is 7.79. The molecule has 0 aromatic heterocycles. The summed E-state index contributed by atoms with van der Waals surface area (Å²) in [5.74, 6) is 0.277. The molecule has 3 amide bonds. The van der Waals surface area contributed by atoms with Gasteiger partial charge in [0, 0.05) is 5.69 Å². The molecule has 1 aromatic carbocycles. The molecule has 0 spiro atoms. The van der Waals surface area contributed by atoms with E-state index < -0.39 is 36.6 Å². The number of methoxy groups -OCH3 is 1. The van der Waals surface area contributed by atoms with Crippen LogP contribution in [0.3, 0.4) is 0 Å². The molecule has 1 rings (SSSR count). The first kappa shape index (κ1) is 22.4. The monoisotopic (exact) mass is 393 g/mol. The van der Waals surface area contributed by atoms with Crippen LogP contribution in [0.4, 0.5) is 34.1 Å². The summed E-state index contributed by atoms with van der Waals surface area (Å²) < 4.78 is 46.9. The Morgan fingerprint density at radius 1 is 1.19 bits per heavy atom. The largest absolute Gasteiger partial charge is 0.495 e. The molecule has 1 aromatic rings. The Balaban J connectivity index is 2.77. The number of urea groups is 1. The van der Waals surface area contributed by atoms with Gasteiger partial charge >= 0.3 is 18.3 Å². The summed E-state index contributed by atoms with van der Waals surface area (Å²) in [6.45, 7) is 4.04. The number of anilines is 2. The van der Waals surface area contributed by atoms with Crippen LogP contribution in [0, 0.1) is 0 Å². The van der Waals surface area contributed by atoms with Crippen LogP contribution in [0.25, 0.3) is 0 Å². The predicted molar refractivity (Wildman–Crippen MR) is 91.9 cm³/mol. The van der Waals surface area contributed by atoms with Crippen molar-refractivity contribution in [1.82, 2.24) is 5.32 Å². The number of amides is 3. The first-order chi connectivity index (χ1) is 12.3. The lowest BCUT2D eigenvalue weighted by Crippen LogP contribution is -2.42. The highest BCUT2D eigenvalue weighted by atomic mass is 19.4. The number of ether oxygens (including phenoxy) is 2. The van der Waals surface area contributed by atoms with Gasteiger partial charge in [-0.25, -0.2) is 9.59 Å². The van der Waals surface area contributed by atoms with Crippen molar-refractivity contribution < 1.29 is 37.3 Å². The van der Waals surface area contributed by atoms with E-state index in [9.17, 15) is 22.8 Å². The van der Waals surface area contributed by atoms with E-state index in [0.29, 0.717) is 0 Å². The number of carbonyl (C=O) groups excluding carboxylic acids is 2. The maximum atomic E-state index is 12.2. The SMILES string of the molecule is COc1ccc(NC(=O)NCC(O)C(F)(F)F)cc1NC(=O)OC(C)(C)C. The second kappa shape index (κ2) is 8.80. The van der Waals surface area contributed by atoms with Crippen LogP contribution < -0.4 is 20.7 Å². The van der Waals surface area contributed by atoms with Gasteiger partial charge in [-0.15, -0.1) is 0 Å². The van der Waals surface area contributed by atoms with Gasteiger partial charge in [-0.05, 0) is 39.0 Å². The fraction of sp³-hybridized carbons (Fsp3) is 0.500. The highest BCUT2D eigenvalue weighted by molar-refractivity contribution is 5.92. The zero-order chi connectivity index (χ0) is 20.8. The molecule has 0 saturated heterocycles. The van der Waals surface area contributed by atoms with Crippen molar-refractivity contribution in [3.8, 4) is 5.75 Å². The third-order valence-corrected chi connectivity index (χ3v) is 2.93. The average molecular weight is 393 g/mol. The minimum atomic E-state index is -4.84. The Bertz CT molecular complexity index is 674. The number of aliphatic hydroxyl groups is 1. The summed E-state index contributed by atoms with van der Waals surface area (Å²) in [6, 6.07) is 3.22. The van der Waals surface area contributed by atoms with E-state index in [1.54, 1.807) is 20.8 Å². The van der Waals surface area contributed by atoms with Crippen LogP contribution in [0.2, 0.25) is 0 Å². The first-order valence-electron chi connectivity index (χ1n) is 7.79. The van der Waals surface area contributed by atoms with Gasteiger partial charge in [0.15, 0.2) is 6.10 Å². The minimum Gasteiger partial charge on any atom is -0.495 e. The van der Waals surface area contributed by atoms with E-state index in [-0.39, 0.29) is 17.1 Å². The lowest BCUT2D eigenvalue weighted by molar-refractivity contribution is -0.201. The van der Waals surface area contributed by atoms with E-state index >= 15 is 0 Å². The molecule has 0 aliphatic carbocycles. The van der Waals surface area contributed by atoms with Crippen molar-refractivity contribution in [2.24, 2.45) is 0 Å². The van der Waals surface area contributed by atoms with Gasteiger partial charge < -0.3 is 25.2 Å². The lowest BCUT2D eigenvalue weighted by atomic mass is 10.2. The third-order valence-electron chi connectivity index (χ3n) is 2.93. The van der Waals surface area contributed by atoms with Gasteiger partial charge in [0.2, 0.25) is 0 Å². The fourth-order valence-electron chi connectivity index (χ4n) is 1.78. The molecule has 0 bridgehead atoms. The zero-order valence-corrected chi connectivity index (χ0v) is 15.2. The van der Waals surface area contributed by atoms with E-state index in [1.165, 1.54) is 25.3 Å². The number of hydrogen-bond donors (Lipinski definition) is 4. The van der Waals surface area contributed by atoms with Gasteiger partial charge in [0.25, 0.3) is 0 Å². The van der Waals surface area contributed by atoms with E-state index in [0.717, 1.165) is 0 Å². The number of alkyl halides is 3. The van der Waals surface area contributed by atoms with Crippen molar-refractivity contribution in [2.45, 2.75) is 38.7 Å². The summed E-state index contributed by atoms with van der Waals surface area (Å²) in [7, 11) is 1.37. The molecule has 0 heterocycles. The number of nitrogens with one attached hydrogen (secondary N) is 3. The molecule has 152 valence electrons. The Hall–Kier alpha value is -2.69. The van der Waals surface area contributed by atoms with Crippen molar-refractivity contribution in [3.05, 3.63) is 18.2 Å². The second-order valence-corrected chi connectivity index (χ2v) is 6.43. The Kier molecular flexibility index (Phi) is 7.28. The smallest absolute Gasteiger partial charge is 0.416 e. The topological polar surface area (TPSA) is 109 Å². The molecule has 0 aliphatic rings. The van der Waals surface area contributed by atoms with Gasteiger partial charge in [0.05, 0.1) is 19.3 Å². The van der Waals surface area contributed by atoms with Gasteiger partial charge in [-0.3, -0.25) is 5.32 Å². The molecule has 0 aliphatic heterocycles. The normalized spacial score (nSPS) is 12.7. The van der Waals surface area contributed by atoms with Crippen LogP contribution in [-0.4, -0.2) is 48.8 Å². The van der Waals surface area contributed by atoms with Gasteiger partial charge in [0.1, 0.15) is 11.4 Å². The summed E-state index contributed by atoms with van der Waals surface area (Å²) in [4.78, 5) is 23.6. The van der Waals surface area contributed by atoms with E-state index in [1.807, 2.05) is 5.32 Å². The number of aliphatic hydroxyl groups excluding tert-OH is 1. The van der Waals surface area contributed by atoms with Gasteiger partial charge in [-0.1, -0.05) is 0 Å². The molecule has 11 heteroatoms. The number of halogens is 3. The summed E-state index contributed by atoms with van der Waals surface area (Å²) in [6.07, 6.45) is -8.27.